The third kappa shape index (κ3) is 3.64. The van der Waals surface area contributed by atoms with Crippen molar-refractivity contribution in [2.24, 2.45) is 0 Å². The standard InChI is InChI=1S/C25H18O3/c1-18(19-10-4-2-5-11-19)27-23-17-16-20-12-8-9-15-22(20)24(23)28-25(26)21-13-6-3-7-14-21/h2-17H,1H2. The summed E-state index contributed by atoms with van der Waals surface area (Å²) >= 11 is 0. The minimum Gasteiger partial charge on any atom is -0.453 e. The van der Waals surface area contributed by atoms with Crippen LogP contribution in [-0.4, -0.2) is 5.97 Å². The highest BCUT2D eigenvalue weighted by atomic mass is 16.6. The smallest absolute Gasteiger partial charge is 0.343 e. The molecule has 0 saturated heterocycles. The first-order chi connectivity index (χ1) is 13.7. The van der Waals surface area contributed by atoms with Crippen LogP contribution < -0.4 is 9.47 Å². The summed E-state index contributed by atoms with van der Waals surface area (Å²) in [5.74, 6) is 0.862. The second-order valence-electron chi connectivity index (χ2n) is 6.26. The summed E-state index contributed by atoms with van der Waals surface area (Å²) in [4.78, 5) is 12.7. The van der Waals surface area contributed by atoms with Crippen LogP contribution >= 0.6 is 0 Å². The highest BCUT2D eigenvalue weighted by molar-refractivity contribution is 5.97. The van der Waals surface area contributed by atoms with Crippen molar-refractivity contribution >= 4 is 22.5 Å². The maximum atomic E-state index is 12.7. The van der Waals surface area contributed by atoms with E-state index in [0.717, 1.165) is 16.3 Å². The number of benzene rings is 4. The van der Waals surface area contributed by atoms with Gasteiger partial charge in [-0.1, -0.05) is 85.4 Å². The zero-order valence-electron chi connectivity index (χ0n) is 15.2. The molecule has 0 bridgehead atoms. The van der Waals surface area contributed by atoms with Crippen LogP contribution in [0.3, 0.4) is 0 Å². The van der Waals surface area contributed by atoms with Gasteiger partial charge in [0, 0.05) is 10.9 Å². The number of fused-ring (bicyclic) bond motifs is 1. The van der Waals surface area contributed by atoms with Gasteiger partial charge in [-0.2, -0.15) is 0 Å². The third-order valence-electron chi connectivity index (χ3n) is 4.38. The number of carbonyl (C=O) groups is 1. The molecular weight excluding hydrogens is 348 g/mol. The fraction of sp³-hybridized carbons (Fsp3) is 0. The fourth-order valence-electron chi connectivity index (χ4n) is 2.95. The number of hydrogen-bond acceptors (Lipinski definition) is 3. The first-order valence-corrected chi connectivity index (χ1v) is 8.93. The van der Waals surface area contributed by atoms with E-state index in [9.17, 15) is 4.79 Å². The molecule has 0 aliphatic carbocycles. The van der Waals surface area contributed by atoms with E-state index in [1.165, 1.54) is 0 Å². The molecule has 0 aliphatic heterocycles. The third-order valence-corrected chi connectivity index (χ3v) is 4.38. The second kappa shape index (κ2) is 7.80. The Balaban J connectivity index is 1.73. The predicted molar refractivity (Wildman–Crippen MR) is 111 cm³/mol. The lowest BCUT2D eigenvalue weighted by molar-refractivity contribution is 0.0733. The maximum Gasteiger partial charge on any atom is 0.343 e. The van der Waals surface area contributed by atoms with Crippen molar-refractivity contribution in [3.05, 3.63) is 115 Å². The van der Waals surface area contributed by atoms with E-state index in [1.807, 2.05) is 66.7 Å². The van der Waals surface area contributed by atoms with Crippen molar-refractivity contribution < 1.29 is 14.3 Å². The number of ether oxygens (including phenoxy) is 2. The van der Waals surface area contributed by atoms with Crippen LogP contribution in [0.1, 0.15) is 15.9 Å². The molecule has 28 heavy (non-hydrogen) atoms. The Morgan fingerprint density at radius 3 is 1.96 bits per heavy atom. The van der Waals surface area contributed by atoms with E-state index >= 15 is 0 Å². The van der Waals surface area contributed by atoms with Crippen molar-refractivity contribution in [1.29, 1.82) is 0 Å². The zero-order valence-corrected chi connectivity index (χ0v) is 15.2. The van der Waals surface area contributed by atoms with Crippen LogP contribution in [0.15, 0.2) is 104 Å². The van der Waals surface area contributed by atoms with Gasteiger partial charge in [0.2, 0.25) is 0 Å². The van der Waals surface area contributed by atoms with Gasteiger partial charge in [0.25, 0.3) is 0 Å². The van der Waals surface area contributed by atoms with Gasteiger partial charge in [0.15, 0.2) is 11.5 Å². The van der Waals surface area contributed by atoms with E-state index in [4.69, 9.17) is 9.47 Å². The van der Waals surface area contributed by atoms with Gasteiger partial charge in [-0.3, -0.25) is 0 Å². The average molecular weight is 366 g/mol. The minimum absolute atomic E-state index is 0.379. The lowest BCUT2D eigenvalue weighted by atomic mass is 10.1. The lowest BCUT2D eigenvalue weighted by Crippen LogP contribution is -2.09. The Hall–Kier alpha value is -3.85. The highest BCUT2D eigenvalue weighted by Crippen LogP contribution is 2.38. The molecule has 0 fully saturated rings. The summed E-state index contributed by atoms with van der Waals surface area (Å²) in [7, 11) is 0. The van der Waals surface area contributed by atoms with Crippen molar-refractivity contribution in [3.63, 3.8) is 0 Å². The van der Waals surface area contributed by atoms with Gasteiger partial charge < -0.3 is 9.47 Å². The number of rotatable bonds is 5. The molecule has 4 aromatic rings. The molecule has 0 heterocycles. The summed E-state index contributed by atoms with van der Waals surface area (Å²) in [6.07, 6.45) is 0. The van der Waals surface area contributed by atoms with Crippen LogP contribution in [0.2, 0.25) is 0 Å². The Morgan fingerprint density at radius 1 is 0.643 bits per heavy atom. The van der Waals surface area contributed by atoms with E-state index in [2.05, 4.69) is 6.58 Å². The van der Waals surface area contributed by atoms with Crippen molar-refractivity contribution in [1.82, 2.24) is 0 Å². The molecule has 136 valence electrons. The molecule has 0 aliphatic rings. The van der Waals surface area contributed by atoms with Crippen LogP contribution in [0.4, 0.5) is 0 Å². The van der Waals surface area contributed by atoms with Gasteiger partial charge in [0.05, 0.1) is 5.56 Å². The first kappa shape index (κ1) is 17.6. The fourth-order valence-corrected chi connectivity index (χ4v) is 2.95. The summed E-state index contributed by atoms with van der Waals surface area (Å²) in [5.41, 5.74) is 1.33. The predicted octanol–water partition coefficient (Wildman–Crippen LogP) is 6.11. The van der Waals surface area contributed by atoms with Crippen LogP contribution in [0, 0.1) is 0 Å². The van der Waals surface area contributed by atoms with E-state index < -0.39 is 5.97 Å². The Morgan fingerprint density at radius 2 is 1.25 bits per heavy atom. The van der Waals surface area contributed by atoms with Crippen LogP contribution in [0.25, 0.3) is 16.5 Å². The molecule has 0 atom stereocenters. The zero-order chi connectivity index (χ0) is 19.3. The molecule has 0 amide bonds. The molecule has 0 spiro atoms. The molecule has 0 radical (unpaired) electrons. The molecule has 4 rings (SSSR count). The quantitative estimate of drug-likeness (QED) is 0.243. The molecule has 3 nitrogen and oxygen atoms in total. The Labute approximate surface area is 163 Å². The number of esters is 1. The van der Waals surface area contributed by atoms with E-state index in [-0.39, 0.29) is 0 Å². The van der Waals surface area contributed by atoms with E-state index in [0.29, 0.717) is 22.8 Å². The van der Waals surface area contributed by atoms with Crippen LogP contribution in [-0.2, 0) is 0 Å². The largest absolute Gasteiger partial charge is 0.453 e. The first-order valence-electron chi connectivity index (χ1n) is 8.93. The maximum absolute atomic E-state index is 12.7. The molecule has 0 saturated carbocycles. The highest BCUT2D eigenvalue weighted by Gasteiger charge is 2.17. The molecule has 0 unspecified atom stereocenters. The van der Waals surface area contributed by atoms with Crippen molar-refractivity contribution in [2.75, 3.05) is 0 Å². The normalized spacial score (nSPS) is 10.4. The molecule has 0 aromatic heterocycles. The van der Waals surface area contributed by atoms with Gasteiger partial charge in [0.1, 0.15) is 5.76 Å². The summed E-state index contributed by atoms with van der Waals surface area (Å²) in [5, 5.41) is 1.75. The number of hydrogen-bond donors (Lipinski definition) is 0. The topological polar surface area (TPSA) is 35.5 Å². The Bertz CT molecular complexity index is 1130. The average Bonchev–Trinajstić information content (AvgIpc) is 2.76. The van der Waals surface area contributed by atoms with E-state index in [1.54, 1.807) is 30.3 Å². The summed E-state index contributed by atoms with van der Waals surface area (Å²) in [6, 6.07) is 29.9. The molecule has 3 heteroatoms. The van der Waals surface area contributed by atoms with Crippen molar-refractivity contribution in [2.45, 2.75) is 0 Å². The van der Waals surface area contributed by atoms with Gasteiger partial charge in [-0.05, 0) is 23.6 Å². The van der Waals surface area contributed by atoms with Gasteiger partial charge in [-0.25, -0.2) is 4.79 Å². The van der Waals surface area contributed by atoms with Crippen LogP contribution in [0.5, 0.6) is 11.5 Å². The summed E-state index contributed by atoms with van der Waals surface area (Å²) in [6.45, 7) is 4.02. The molecule has 0 N–H and O–H groups in total. The second-order valence-corrected chi connectivity index (χ2v) is 6.26. The molecule has 4 aromatic carbocycles. The minimum atomic E-state index is -0.438. The Kier molecular flexibility index (Phi) is 4.89. The SMILES string of the molecule is C=C(Oc1ccc2ccccc2c1OC(=O)c1ccccc1)c1ccccc1. The monoisotopic (exact) mass is 366 g/mol. The lowest BCUT2D eigenvalue weighted by Gasteiger charge is -2.15. The number of carbonyl (C=O) groups excluding carboxylic acids is 1. The van der Waals surface area contributed by atoms with Gasteiger partial charge >= 0.3 is 5.97 Å². The van der Waals surface area contributed by atoms with Gasteiger partial charge in [-0.15, -0.1) is 0 Å². The molecular formula is C25H18O3. The van der Waals surface area contributed by atoms with Crippen molar-refractivity contribution in [3.8, 4) is 11.5 Å². The summed E-state index contributed by atoms with van der Waals surface area (Å²) < 4.78 is 11.8.